The number of hydrogen-bond acceptors (Lipinski definition) is 1. The van der Waals surface area contributed by atoms with Crippen molar-refractivity contribution in [2.24, 2.45) is 0 Å². The second-order valence-corrected chi connectivity index (χ2v) is 5.39. The van der Waals surface area contributed by atoms with Crippen molar-refractivity contribution >= 4 is 17.5 Å². The number of carbonyl (C=O) groups is 1. The highest BCUT2D eigenvalue weighted by Crippen LogP contribution is 2.30. The Labute approximate surface area is 121 Å². The Bertz CT molecular complexity index is 413. The number of amides is 1. The van der Waals surface area contributed by atoms with Crippen LogP contribution in [0.3, 0.4) is 0 Å². The van der Waals surface area contributed by atoms with Crippen molar-refractivity contribution in [2.75, 3.05) is 0 Å². The molecule has 1 amide bonds. The van der Waals surface area contributed by atoms with Crippen LogP contribution < -0.4 is 5.32 Å². The van der Waals surface area contributed by atoms with Crippen molar-refractivity contribution < 1.29 is 4.79 Å². The van der Waals surface area contributed by atoms with Crippen molar-refractivity contribution in [1.29, 1.82) is 0 Å². The van der Waals surface area contributed by atoms with Gasteiger partial charge in [0.2, 0.25) is 5.91 Å². The van der Waals surface area contributed by atoms with Gasteiger partial charge in [-0.2, -0.15) is 0 Å². The number of unbranched alkanes of at least 4 members (excludes halogenated alkanes) is 1. The van der Waals surface area contributed by atoms with Gasteiger partial charge in [-0.1, -0.05) is 50.9 Å². The molecule has 0 fully saturated rings. The summed E-state index contributed by atoms with van der Waals surface area (Å²) in [6.07, 6.45) is 4.29. The molecule has 0 aliphatic carbocycles. The number of carbonyl (C=O) groups excluding carboxylic acids is 1. The summed E-state index contributed by atoms with van der Waals surface area (Å²) in [5.41, 5.74) is 0.797. The molecule has 0 aliphatic rings. The topological polar surface area (TPSA) is 29.1 Å². The van der Waals surface area contributed by atoms with Crippen LogP contribution in [0.5, 0.6) is 0 Å². The minimum absolute atomic E-state index is 0.130. The van der Waals surface area contributed by atoms with E-state index in [0.29, 0.717) is 11.4 Å². The summed E-state index contributed by atoms with van der Waals surface area (Å²) in [5, 5.41) is 3.93. The molecule has 2 nitrogen and oxygen atoms in total. The highest BCUT2D eigenvalue weighted by Gasteiger charge is 2.30. The van der Waals surface area contributed by atoms with Crippen LogP contribution in [-0.2, 0) is 10.3 Å². The first kappa shape index (κ1) is 16.0. The number of benzene rings is 1. The molecule has 1 N–H and O–H groups in total. The first-order valence-corrected chi connectivity index (χ1v) is 7.52. The quantitative estimate of drug-likeness (QED) is 0.774. The molecular weight excluding hydrogens is 258 g/mol. The summed E-state index contributed by atoms with van der Waals surface area (Å²) in [6.45, 7) is 6.30. The molecule has 0 atom stereocenters. The maximum atomic E-state index is 12.0. The number of rotatable bonds is 7. The third-order valence-corrected chi connectivity index (χ3v) is 3.96. The lowest BCUT2D eigenvalue weighted by Crippen LogP contribution is -2.45. The zero-order chi connectivity index (χ0) is 14.3. The lowest BCUT2D eigenvalue weighted by Gasteiger charge is -2.34. The van der Waals surface area contributed by atoms with Gasteiger partial charge >= 0.3 is 0 Å². The van der Waals surface area contributed by atoms with Crippen LogP contribution >= 0.6 is 11.6 Å². The van der Waals surface area contributed by atoms with Gasteiger partial charge in [-0.15, -0.1) is 0 Å². The first-order chi connectivity index (χ1) is 9.07. The Balaban J connectivity index is 2.93. The Hall–Kier alpha value is -1.02. The Kier molecular flexibility index (Phi) is 6.36. The average Bonchev–Trinajstić information content (AvgIpc) is 2.42. The summed E-state index contributed by atoms with van der Waals surface area (Å²) in [5.74, 6) is 0.130. The van der Waals surface area contributed by atoms with E-state index in [4.69, 9.17) is 11.6 Å². The second kappa shape index (κ2) is 7.54. The molecule has 0 saturated heterocycles. The molecule has 0 unspecified atom stereocenters. The van der Waals surface area contributed by atoms with Crippen LogP contribution in [0.15, 0.2) is 24.3 Å². The second-order valence-electron chi connectivity index (χ2n) is 4.95. The van der Waals surface area contributed by atoms with E-state index in [1.54, 1.807) is 0 Å². The zero-order valence-corrected chi connectivity index (χ0v) is 12.9. The smallest absolute Gasteiger partial charge is 0.220 e. The van der Waals surface area contributed by atoms with E-state index in [0.717, 1.165) is 31.2 Å². The third-order valence-electron chi connectivity index (χ3n) is 3.72. The predicted octanol–water partition coefficient (Wildman–Crippen LogP) is 4.66. The van der Waals surface area contributed by atoms with Crippen molar-refractivity contribution in [1.82, 2.24) is 5.32 Å². The molecule has 1 rings (SSSR count). The van der Waals surface area contributed by atoms with Crippen LogP contribution in [-0.4, -0.2) is 5.91 Å². The normalized spacial score (nSPS) is 11.4. The molecular formula is C16H24ClNO. The third kappa shape index (κ3) is 4.24. The molecule has 0 heterocycles. The lowest BCUT2D eigenvalue weighted by atomic mass is 9.84. The molecule has 0 aliphatic heterocycles. The molecule has 106 valence electrons. The van der Waals surface area contributed by atoms with Gasteiger partial charge in [-0.3, -0.25) is 4.79 Å². The summed E-state index contributed by atoms with van der Waals surface area (Å²) in [7, 11) is 0. The molecule has 0 radical (unpaired) electrons. The Morgan fingerprint density at radius 2 is 1.95 bits per heavy atom. The van der Waals surface area contributed by atoms with Gasteiger partial charge in [-0.05, 0) is 37.0 Å². The fraction of sp³-hybridized carbons (Fsp3) is 0.562. The van der Waals surface area contributed by atoms with E-state index in [9.17, 15) is 4.79 Å². The van der Waals surface area contributed by atoms with E-state index in [1.807, 2.05) is 24.3 Å². The average molecular weight is 282 g/mol. The maximum Gasteiger partial charge on any atom is 0.220 e. The fourth-order valence-electron chi connectivity index (χ4n) is 2.36. The Morgan fingerprint density at radius 3 is 2.47 bits per heavy atom. The van der Waals surface area contributed by atoms with Crippen LogP contribution in [0.1, 0.15) is 58.4 Å². The monoisotopic (exact) mass is 281 g/mol. The van der Waals surface area contributed by atoms with Gasteiger partial charge in [0.1, 0.15) is 0 Å². The minimum Gasteiger partial charge on any atom is -0.347 e. The predicted molar refractivity (Wildman–Crippen MR) is 81.4 cm³/mol. The van der Waals surface area contributed by atoms with Gasteiger partial charge in [-0.25, -0.2) is 0 Å². The fourth-order valence-corrected chi connectivity index (χ4v) is 2.55. The van der Waals surface area contributed by atoms with Crippen LogP contribution in [0, 0.1) is 0 Å². The Morgan fingerprint density at radius 1 is 1.26 bits per heavy atom. The SMILES string of the molecule is CCCCC(=O)NC(CC)(CC)c1cccc(Cl)c1. The van der Waals surface area contributed by atoms with Gasteiger partial charge in [0.15, 0.2) is 0 Å². The van der Waals surface area contributed by atoms with E-state index in [-0.39, 0.29) is 11.4 Å². The summed E-state index contributed by atoms with van der Waals surface area (Å²) in [4.78, 5) is 12.0. The molecule has 1 aromatic carbocycles. The highest BCUT2D eigenvalue weighted by atomic mass is 35.5. The van der Waals surface area contributed by atoms with E-state index in [2.05, 4.69) is 26.1 Å². The summed E-state index contributed by atoms with van der Waals surface area (Å²) in [6, 6.07) is 7.80. The van der Waals surface area contributed by atoms with E-state index >= 15 is 0 Å². The van der Waals surface area contributed by atoms with E-state index < -0.39 is 0 Å². The van der Waals surface area contributed by atoms with Gasteiger partial charge in [0.05, 0.1) is 5.54 Å². The number of hydrogen-bond donors (Lipinski definition) is 1. The van der Waals surface area contributed by atoms with Crippen molar-refractivity contribution in [3.63, 3.8) is 0 Å². The molecule has 3 heteroatoms. The first-order valence-electron chi connectivity index (χ1n) is 7.15. The van der Waals surface area contributed by atoms with Crippen LogP contribution in [0.2, 0.25) is 5.02 Å². The van der Waals surface area contributed by atoms with Gasteiger partial charge in [0, 0.05) is 11.4 Å². The maximum absolute atomic E-state index is 12.0. The summed E-state index contributed by atoms with van der Waals surface area (Å²) < 4.78 is 0. The molecule has 0 spiro atoms. The largest absolute Gasteiger partial charge is 0.347 e. The van der Waals surface area contributed by atoms with E-state index in [1.165, 1.54) is 0 Å². The molecule has 0 saturated carbocycles. The molecule has 0 bridgehead atoms. The van der Waals surface area contributed by atoms with Crippen molar-refractivity contribution in [3.05, 3.63) is 34.9 Å². The van der Waals surface area contributed by atoms with Gasteiger partial charge in [0.25, 0.3) is 0 Å². The number of nitrogens with one attached hydrogen (secondary N) is 1. The summed E-state index contributed by atoms with van der Waals surface area (Å²) >= 11 is 6.07. The minimum atomic E-state index is -0.296. The van der Waals surface area contributed by atoms with Gasteiger partial charge < -0.3 is 5.32 Å². The van der Waals surface area contributed by atoms with Crippen molar-refractivity contribution in [2.45, 2.75) is 58.4 Å². The molecule has 0 aromatic heterocycles. The molecule has 19 heavy (non-hydrogen) atoms. The molecule has 1 aromatic rings. The zero-order valence-electron chi connectivity index (χ0n) is 12.1. The number of halogens is 1. The highest BCUT2D eigenvalue weighted by molar-refractivity contribution is 6.30. The van der Waals surface area contributed by atoms with Crippen molar-refractivity contribution in [3.8, 4) is 0 Å². The standard InChI is InChI=1S/C16H24ClNO/c1-4-7-11-15(19)18-16(5-2,6-3)13-9-8-10-14(17)12-13/h8-10,12H,4-7,11H2,1-3H3,(H,18,19). The lowest BCUT2D eigenvalue weighted by molar-refractivity contribution is -0.123. The van der Waals surface area contributed by atoms with Crippen LogP contribution in [0.4, 0.5) is 0 Å². The van der Waals surface area contributed by atoms with Crippen LogP contribution in [0.25, 0.3) is 0 Å².